The lowest BCUT2D eigenvalue weighted by Gasteiger charge is -2.37. The second-order valence-electron chi connectivity index (χ2n) is 5.29. The molecular formula is C14H30N2. The molecule has 16 heavy (non-hydrogen) atoms. The van der Waals surface area contributed by atoms with Crippen molar-refractivity contribution in [2.45, 2.75) is 71.4 Å². The topological polar surface area (TPSA) is 15.3 Å². The van der Waals surface area contributed by atoms with E-state index in [4.69, 9.17) is 0 Å². The van der Waals surface area contributed by atoms with E-state index < -0.39 is 0 Å². The van der Waals surface area contributed by atoms with Gasteiger partial charge >= 0.3 is 0 Å². The van der Waals surface area contributed by atoms with Crippen LogP contribution in [0.25, 0.3) is 0 Å². The maximum atomic E-state index is 3.60. The molecule has 0 aliphatic carbocycles. The normalized spacial score (nSPS) is 24.6. The first-order chi connectivity index (χ1) is 7.77. The summed E-state index contributed by atoms with van der Waals surface area (Å²) in [6.45, 7) is 10.6. The van der Waals surface area contributed by atoms with Gasteiger partial charge in [0, 0.05) is 18.6 Å². The molecule has 1 aliphatic rings. The van der Waals surface area contributed by atoms with Crippen LogP contribution in [0.2, 0.25) is 0 Å². The first kappa shape index (κ1) is 14.0. The van der Waals surface area contributed by atoms with Crippen LogP contribution in [0.3, 0.4) is 0 Å². The van der Waals surface area contributed by atoms with Gasteiger partial charge in [0.25, 0.3) is 0 Å². The third-order valence-electron chi connectivity index (χ3n) is 3.62. The first-order valence-corrected chi connectivity index (χ1v) is 7.25. The number of nitrogens with one attached hydrogen (secondary N) is 1. The minimum atomic E-state index is 0.650. The number of hydrogen-bond acceptors (Lipinski definition) is 2. The molecule has 1 aliphatic heterocycles. The average molecular weight is 226 g/mol. The zero-order chi connectivity index (χ0) is 11.8. The van der Waals surface area contributed by atoms with E-state index in [1.54, 1.807) is 0 Å². The van der Waals surface area contributed by atoms with Crippen molar-refractivity contribution in [1.29, 1.82) is 0 Å². The van der Waals surface area contributed by atoms with Gasteiger partial charge in [0.15, 0.2) is 0 Å². The molecule has 0 aromatic heterocycles. The van der Waals surface area contributed by atoms with Crippen LogP contribution in [0.4, 0.5) is 0 Å². The van der Waals surface area contributed by atoms with Gasteiger partial charge < -0.3 is 5.32 Å². The number of hydrogen-bond donors (Lipinski definition) is 1. The highest BCUT2D eigenvalue weighted by atomic mass is 15.2. The molecule has 0 radical (unpaired) electrons. The van der Waals surface area contributed by atoms with Crippen LogP contribution in [0.1, 0.15) is 59.3 Å². The Balaban J connectivity index is 2.30. The van der Waals surface area contributed by atoms with E-state index in [9.17, 15) is 0 Å². The Hall–Kier alpha value is -0.0800. The zero-order valence-electron chi connectivity index (χ0n) is 11.5. The highest BCUT2D eigenvalue weighted by molar-refractivity contribution is 4.79. The maximum Gasteiger partial charge on any atom is 0.0166 e. The fraction of sp³-hybridized carbons (Fsp3) is 1.00. The minimum Gasteiger partial charge on any atom is -0.313 e. The number of nitrogens with zero attached hydrogens (tertiary/aromatic N) is 1. The molecule has 2 atom stereocenters. The van der Waals surface area contributed by atoms with Crippen molar-refractivity contribution in [2.24, 2.45) is 0 Å². The summed E-state index contributed by atoms with van der Waals surface area (Å²) in [5, 5.41) is 3.60. The quantitative estimate of drug-likeness (QED) is 0.718. The van der Waals surface area contributed by atoms with E-state index in [1.807, 2.05) is 0 Å². The standard InChI is InChI=1S/C14H30N2/c1-4-8-14-9-6-7-11-16(14)12-13(3)15-10-5-2/h13-15H,4-12H2,1-3H3. The summed E-state index contributed by atoms with van der Waals surface area (Å²) in [5.74, 6) is 0. The van der Waals surface area contributed by atoms with Crippen LogP contribution in [0, 0.1) is 0 Å². The number of likely N-dealkylation sites (tertiary alicyclic amines) is 1. The molecule has 1 fully saturated rings. The van der Waals surface area contributed by atoms with E-state index >= 15 is 0 Å². The van der Waals surface area contributed by atoms with Gasteiger partial charge in [-0.25, -0.2) is 0 Å². The Kier molecular flexibility index (Phi) is 7.06. The maximum absolute atomic E-state index is 3.60. The summed E-state index contributed by atoms with van der Waals surface area (Å²) in [4.78, 5) is 2.72. The fourth-order valence-electron chi connectivity index (χ4n) is 2.77. The molecular weight excluding hydrogens is 196 g/mol. The molecule has 1 N–H and O–H groups in total. The lowest BCUT2D eigenvalue weighted by atomic mass is 9.98. The van der Waals surface area contributed by atoms with Gasteiger partial charge in [0.05, 0.1) is 0 Å². The molecule has 1 rings (SSSR count). The van der Waals surface area contributed by atoms with Gasteiger partial charge in [-0.3, -0.25) is 4.90 Å². The van der Waals surface area contributed by atoms with Crippen molar-refractivity contribution < 1.29 is 0 Å². The van der Waals surface area contributed by atoms with Crippen LogP contribution in [0.15, 0.2) is 0 Å². The summed E-state index contributed by atoms with van der Waals surface area (Å²) in [7, 11) is 0. The van der Waals surface area contributed by atoms with Crippen molar-refractivity contribution in [3.8, 4) is 0 Å². The van der Waals surface area contributed by atoms with Gasteiger partial charge in [0.2, 0.25) is 0 Å². The van der Waals surface area contributed by atoms with Gasteiger partial charge in [0.1, 0.15) is 0 Å². The summed E-state index contributed by atoms with van der Waals surface area (Å²) in [6.07, 6.45) is 8.23. The molecule has 2 unspecified atom stereocenters. The van der Waals surface area contributed by atoms with Crippen LogP contribution in [0.5, 0.6) is 0 Å². The molecule has 0 aromatic carbocycles. The third kappa shape index (κ3) is 4.84. The van der Waals surface area contributed by atoms with E-state index in [2.05, 4.69) is 31.0 Å². The van der Waals surface area contributed by atoms with Crippen LogP contribution in [-0.4, -0.2) is 36.6 Å². The summed E-state index contributed by atoms with van der Waals surface area (Å²) in [5.41, 5.74) is 0. The zero-order valence-corrected chi connectivity index (χ0v) is 11.5. The predicted molar refractivity (Wildman–Crippen MR) is 71.9 cm³/mol. The van der Waals surface area contributed by atoms with Crippen molar-refractivity contribution in [3.63, 3.8) is 0 Å². The van der Waals surface area contributed by atoms with Gasteiger partial charge in [-0.05, 0) is 45.7 Å². The predicted octanol–water partition coefficient (Wildman–Crippen LogP) is 3.03. The van der Waals surface area contributed by atoms with Gasteiger partial charge in [-0.15, -0.1) is 0 Å². The summed E-state index contributed by atoms with van der Waals surface area (Å²) in [6, 6.07) is 1.52. The molecule has 96 valence electrons. The second-order valence-corrected chi connectivity index (χ2v) is 5.29. The smallest absolute Gasteiger partial charge is 0.0166 e. The molecule has 0 aromatic rings. The molecule has 2 nitrogen and oxygen atoms in total. The highest BCUT2D eigenvalue weighted by Crippen LogP contribution is 2.20. The second kappa shape index (κ2) is 8.08. The molecule has 2 heteroatoms. The van der Waals surface area contributed by atoms with Crippen molar-refractivity contribution in [1.82, 2.24) is 10.2 Å². The summed E-state index contributed by atoms with van der Waals surface area (Å²) < 4.78 is 0. The monoisotopic (exact) mass is 226 g/mol. The lowest BCUT2D eigenvalue weighted by Crippen LogP contribution is -2.46. The minimum absolute atomic E-state index is 0.650. The van der Waals surface area contributed by atoms with E-state index in [0.29, 0.717) is 6.04 Å². The average Bonchev–Trinajstić information content (AvgIpc) is 2.29. The molecule has 0 saturated carbocycles. The lowest BCUT2D eigenvalue weighted by molar-refractivity contribution is 0.128. The Bertz CT molecular complexity index is 168. The SMILES string of the molecule is CCCNC(C)CN1CCCCC1CCC. The van der Waals surface area contributed by atoms with Crippen LogP contribution >= 0.6 is 0 Å². The van der Waals surface area contributed by atoms with E-state index in [0.717, 1.165) is 12.6 Å². The van der Waals surface area contributed by atoms with Crippen LogP contribution < -0.4 is 5.32 Å². The van der Waals surface area contributed by atoms with E-state index in [1.165, 1.54) is 51.6 Å². The fourth-order valence-corrected chi connectivity index (χ4v) is 2.77. The van der Waals surface area contributed by atoms with Crippen molar-refractivity contribution in [2.75, 3.05) is 19.6 Å². The number of rotatable bonds is 7. The van der Waals surface area contributed by atoms with Crippen LogP contribution in [-0.2, 0) is 0 Å². The van der Waals surface area contributed by atoms with E-state index in [-0.39, 0.29) is 0 Å². The Morgan fingerprint density at radius 1 is 1.25 bits per heavy atom. The Morgan fingerprint density at radius 2 is 2.06 bits per heavy atom. The van der Waals surface area contributed by atoms with Crippen molar-refractivity contribution >= 4 is 0 Å². The molecule has 0 bridgehead atoms. The largest absolute Gasteiger partial charge is 0.313 e. The molecule has 1 heterocycles. The third-order valence-corrected chi connectivity index (χ3v) is 3.62. The molecule has 0 spiro atoms. The van der Waals surface area contributed by atoms with Gasteiger partial charge in [-0.1, -0.05) is 26.7 Å². The Labute approximate surface area is 102 Å². The number of piperidine rings is 1. The summed E-state index contributed by atoms with van der Waals surface area (Å²) >= 11 is 0. The molecule has 0 amide bonds. The molecule has 1 saturated heterocycles. The van der Waals surface area contributed by atoms with Gasteiger partial charge in [-0.2, -0.15) is 0 Å². The van der Waals surface area contributed by atoms with Crippen molar-refractivity contribution in [3.05, 3.63) is 0 Å². The highest BCUT2D eigenvalue weighted by Gasteiger charge is 2.22. The Morgan fingerprint density at radius 3 is 2.75 bits per heavy atom. The first-order valence-electron chi connectivity index (χ1n) is 7.25.